The van der Waals surface area contributed by atoms with Crippen molar-refractivity contribution in [2.45, 2.75) is 17.9 Å². The minimum Gasteiger partial charge on any atom is -0.423 e. The molecular weight excluding hydrogens is 322 g/mol. The molecule has 0 aliphatic heterocycles. The molecule has 0 aliphatic rings. The molecule has 114 valence electrons. The molecular formula is C15H13NO4S2. The van der Waals surface area contributed by atoms with Crippen LogP contribution in [0.3, 0.4) is 0 Å². The zero-order valence-electron chi connectivity index (χ0n) is 11.6. The molecule has 0 fully saturated rings. The number of thiophene rings is 1. The minimum atomic E-state index is -3.65. The molecule has 3 aromatic rings. The lowest BCUT2D eigenvalue weighted by molar-refractivity contribution is 0.560. The van der Waals surface area contributed by atoms with Gasteiger partial charge in [-0.3, -0.25) is 0 Å². The second-order valence-corrected chi connectivity index (χ2v) is 7.51. The molecule has 0 aliphatic carbocycles. The van der Waals surface area contributed by atoms with Gasteiger partial charge in [-0.15, -0.1) is 11.3 Å². The molecule has 1 unspecified atom stereocenters. The van der Waals surface area contributed by atoms with Gasteiger partial charge in [-0.1, -0.05) is 6.07 Å². The van der Waals surface area contributed by atoms with Crippen molar-refractivity contribution in [2.75, 3.05) is 0 Å². The first-order valence-electron chi connectivity index (χ1n) is 6.55. The lowest BCUT2D eigenvalue weighted by atomic mass is 10.2. The predicted octanol–water partition coefficient (Wildman–Crippen LogP) is 2.89. The summed E-state index contributed by atoms with van der Waals surface area (Å²) in [6.07, 6.45) is 0. The van der Waals surface area contributed by atoms with Gasteiger partial charge in [-0.05, 0) is 42.6 Å². The van der Waals surface area contributed by atoms with E-state index in [0.29, 0.717) is 11.0 Å². The summed E-state index contributed by atoms with van der Waals surface area (Å²) in [6.45, 7) is 1.80. The Labute approximate surface area is 131 Å². The molecule has 2 aromatic heterocycles. The third kappa shape index (κ3) is 2.96. The zero-order valence-corrected chi connectivity index (χ0v) is 13.3. The largest absolute Gasteiger partial charge is 0.423 e. The number of sulfonamides is 1. The van der Waals surface area contributed by atoms with Crippen LogP contribution in [0.2, 0.25) is 0 Å². The highest BCUT2D eigenvalue weighted by atomic mass is 32.2. The summed E-state index contributed by atoms with van der Waals surface area (Å²) in [4.78, 5) is 12.2. The Balaban J connectivity index is 1.95. The van der Waals surface area contributed by atoms with E-state index in [1.54, 1.807) is 13.0 Å². The molecule has 22 heavy (non-hydrogen) atoms. The Kier molecular flexibility index (Phi) is 3.86. The number of nitrogens with one attached hydrogen (secondary N) is 1. The molecule has 5 nitrogen and oxygen atoms in total. The Morgan fingerprint density at radius 1 is 1.18 bits per heavy atom. The summed E-state index contributed by atoms with van der Waals surface area (Å²) >= 11 is 1.49. The molecule has 7 heteroatoms. The quantitative estimate of drug-likeness (QED) is 0.744. The molecule has 2 heterocycles. The molecule has 0 amide bonds. The van der Waals surface area contributed by atoms with E-state index in [9.17, 15) is 13.2 Å². The van der Waals surface area contributed by atoms with Gasteiger partial charge >= 0.3 is 5.63 Å². The van der Waals surface area contributed by atoms with Crippen molar-refractivity contribution in [3.05, 3.63) is 63.1 Å². The van der Waals surface area contributed by atoms with Crippen LogP contribution in [0.5, 0.6) is 0 Å². The van der Waals surface area contributed by atoms with Crippen LogP contribution in [-0.2, 0) is 10.0 Å². The molecule has 0 spiro atoms. The SMILES string of the molecule is CC(NS(=O)(=O)c1ccc2oc(=O)ccc2c1)c1cccs1. The van der Waals surface area contributed by atoms with Gasteiger partial charge in [0.2, 0.25) is 10.0 Å². The molecule has 3 rings (SSSR count). The average molecular weight is 335 g/mol. The summed E-state index contributed by atoms with van der Waals surface area (Å²) in [7, 11) is -3.65. The van der Waals surface area contributed by atoms with Crippen LogP contribution in [0.4, 0.5) is 0 Å². The highest BCUT2D eigenvalue weighted by molar-refractivity contribution is 7.89. The number of benzene rings is 1. The first-order valence-corrected chi connectivity index (χ1v) is 8.92. The molecule has 1 N–H and O–H groups in total. The van der Waals surface area contributed by atoms with E-state index in [0.717, 1.165) is 4.88 Å². The topological polar surface area (TPSA) is 76.4 Å². The maximum Gasteiger partial charge on any atom is 0.336 e. The van der Waals surface area contributed by atoms with E-state index in [1.165, 1.54) is 35.6 Å². The first kappa shape index (κ1) is 15.0. The van der Waals surface area contributed by atoms with Crippen molar-refractivity contribution < 1.29 is 12.8 Å². The van der Waals surface area contributed by atoms with Crippen LogP contribution in [-0.4, -0.2) is 8.42 Å². The standard InChI is InChI=1S/C15H13NO4S2/c1-10(14-3-2-8-21-14)16-22(18,19)12-5-6-13-11(9-12)4-7-15(17)20-13/h2-10,16H,1H3. The van der Waals surface area contributed by atoms with Crippen LogP contribution >= 0.6 is 11.3 Å². The van der Waals surface area contributed by atoms with Crippen LogP contribution in [0.25, 0.3) is 11.0 Å². The predicted molar refractivity (Wildman–Crippen MR) is 85.5 cm³/mol. The third-order valence-electron chi connectivity index (χ3n) is 3.20. The van der Waals surface area contributed by atoms with Crippen molar-refractivity contribution in [3.63, 3.8) is 0 Å². The fourth-order valence-electron chi connectivity index (χ4n) is 2.11. The van der Waals surface area contributed by atoms with Gasteiger partial charge in [0.1, 0.15) is 5.58 Å². The molecule has 0 saturated carbocycles. The van der Waals surface area contributed by atoms with E-state index in [-0.39, 0.29) is 10.9 Å². The average Bonchev–Trinajstić information content (AvgIpc) is 3.00. The van der Waals surface area contributed by atoms with Crippen molar-refractivity contribution in [1.29, 1.82) is 0 Å². The Hall–Kier alpha value is -1.96. The number of fused-ring (bicyclic) bond motifs is 1. The Bertz CT molecular complexity index is 959. The van der Waals surface area contributed by atoms with Gasteiger partial charge in [0.05, 0.1) is 10.9 Å². The van der Waals surface area contributed by atoms with E-state index < -0.39 is 15.6 Å². The van der Waals surface area contributed by atoms with Gasteiger partial charge in [0.15, 0.2) is 0 Å². The summed E-state index contributed by atoms with van der Waals surface area (Å²) in [5.74, 6) is 0. The van der Waals surface area contributed by atoms with Crippen molar-refractivity contribution in [3.8, 4) is 0 Å². The van der Waals surface area contributed by atoms with Crippen molar-refractivity contribution in [1.82, 2.24) is 4.72 Å². The lowest BCUT2D eigenvalue weighted by Crippen LogP contribution is -2.26. The van der Waals surface area contributed by atoms with Crippen LogP contribution < -0.4 is 10.3 Å². The zero-order chi connectivity index (χ0) is 15.7. The maximum atomic E-state index is 12.4. The fourth-order valence-corrected chi connectivity index (χ4v) is 4.18. The summed E-state index contributed by atoms with van der Waals surface area (Å²) in [5.41, 5.74) is -0.106. The van der Waals surface area contributed by atoms with Gasteiger partial charge in [-0.2, -0.15) is 0 Å². The molecule has 0 saturated heterocycles. The highest BCUT2D eigenvalue weighted by Gasteiger charge is 2.19. The molecule has 1 atom stereocenters. The summed E-state index contributed by atoms with van der Waals surface area (Å²) in [5, 5.41) is 2.46. The first-order chi connectivity index (χ1) is 10.5. The van der Waals surface area contributed by atoms with Gasteiger partial charge in [-0.25, -0.2) is 17.9 Å². The lowest BCUT2D eigenvalue weighted by Gasteiger charge is -2.13. The van der Waals surface area contributed by atoms with Crippen LogP contribution in [0.1, 0.15) is 17.8 Å². The summed E-state index contributed by atoms with van der Waals surface area (Å²) < 4.78 is 32.5. The number of hydrogen-bond acceptors (Lipinski definition) is 5. The Morgan fingerprint density at radius 3 is 2.73 bits per heavy atom. The number of rotatable bonds is 4. The molecule has 1 aromatic carbocycles. The molecule has 0 bridgehead atoms. The minimum absolute atomic E-state index is 0.136. The van der Waals surface area contributed by atoms with Crippen molar-refractivity contribution >= 4 is 32.3 Å². The van der Waals surface area contributed by atoms with Crippen molar-refractivity contribution in [2.24, 2.45) is 0 Å². The third-order valence-corrected chi connectivity index (χ3v) is 5.80. The van der Waals surface area contributed by atoms with Gasteiger partial charge in [0.25, 0.3) is 0 Å². The van der Waals surface area contributed by atoms with Crippen LogP contribution in [0, 0.1) is 0 Å². The van der Waals surface area contributed by atoms with E-state index in [1.807, 2.05) is 17.5 Å². The van der Waals surface area contributed by atoms with Crippen LogP contribution in [0.15, 0.2) is 62.0 Å². The fraction of sp³-hybridized carbons (Fsp3) is 0.133. The normalized spacial score (nSPS) is 13.3. The van der Waals surface area contributed by atoms with E-state index in [4.69, 9.17) is 4.42 Å². The second kappa shape index (κ2) is 5.68. The monoisotopic (exact) mass is 335 g/mol. The smallest absolute Gasteiger partial charge is 0.336 e. The second-order valence-electron chi connectivity index (χ2n) is 4.81. The van der Waals surface area contributed by atoms with E-state index >= 15 is 0 Å². The Morgan fingerprint density at radius 2 is 2.00 bits per heavy atom. The van der Waals surface area contributed by atoms with Gasteiger partial charge in [0, 0.05) is 16.3 Å². The number of hydrogen-bond donors (Lipinski definition) is 1. The highest BCUT2D eigenvalue weighted by Crippen LogP contribution is 2.22. The van der Waals surface area contributed by atoms with E-state index in [2.05, 4.69) is 4.72 Å². The molecule has 0 radical (unpaired) electrons. The maximum absolute atomic E-state index is 12.4. The summed E-state index contributed by atoms with van der Waals surface area (Å²) in [6, 6.07) is 10.7. The van der Waals surface area contributed by atoms with Gasteiger partial charge < -0.3 is 4.42 Å².